The van der Waals surface area contributed by atoms with Crippen molar-refractivity contribution in [1.82, 2.24) is 9.97 Å². The first-order valence-electron chi connectivity index (χ1n) is 5.05. The Morgan fingerprint density at radius 1 is 1.40 bits per heavy atom. The van der Waals surface area contributed by atoms with Crippen molar-refractivity contribution in [2.75, 3.05) is 5.32 Å². The Balaban J connectivity index is 2.06. The van der Waals surface area contributed by atoms with Crippen molar-refractivity contribution in [2.24, 2.45) is 0 Å². The Kier molecular flexibility index (Phi) is 2.81. The van der Waals surface area contributed by atoms with Crippen LogP contribution < -0.4 is 5.32 Å². The molecule has 1 N–H and O–H groups in total. The molecule has 0 bridgehead atoms. The molecule has 2 rings (SSSR count). The van der Waals surface area contributed by atoms with E-state index in [9.17, 15) is 4.39 Å². The lowest BCUT2D eigenvalue weighted by Crippen LogP contribution is -2.27. The van der Waals surface area contributed by atoms with Gasteiger partial charge in [-0.2, -0.15) is 4.39 Å². The minimum absolute atomic E-state index is 0.0707. The van der Waals surface area contributed by atoms with Gasteiger partial charge in [-0.05, 0) is 20.3 Å². The molecule has 15 heavy (non-hydrogen) atoms. The molecule has 1 aromatic heterocycles. The van der Waals surface area contributed by atoms with Crippen molar-refractivity contribution in [3.8, 4) is 0 Å². The number of ether oxygens (including phenoxy) is 1. The lowest BCUT2D eigenvalue weighted by Gasteiger charge is -2.16. The molecule has 0 amide bonds. The highest BCUT2D eigenvalue weighted by atomic mass is 19.1. The molecule has 3 atom stereocenters. The third-order valence-corrected chi connectivity index (χ3v) is 2.58. The van der Waals surface area contributed by atoms with E-state index in [1.807, 2.05) is 13.8 Å². The molecule has 5 heteroatoms. The van der Waals surface area contributed by atoms with Gasteiger partial charge in [-0.1, -0.05) is 0 Å². The molecule has 1 aliphatic heterocycles. The largest absolute Gasteiger partial charge is 0.373 e. The van der Waals surface area contributed by atoms with E-state index < -0.39 is 5.95 Å². The van der Waals surface area contributed by atoms with Gasteiger partial charge in [-0.15, -0.1) is 0 Å². The topological polar surface area (TPSA) is 47.0 Å². The average Bonchev–Trinajstić information content (AvgIpc) is 2.49. The first-order chi connectivity index (χ1) is 7.16. The summed E-state index contributed by atoms with van der Waals surface area (Å²) in [5.41, 5.74) is 0. The van der Waals surface area contributed by atoms with Gasteiger partial charge in [-0.25, -0.2) is 9.97 Å². The number of nitrogens with one attached hydrogen (secondary N) is 1. The Bertz CT molecular complexity index is 347. The molecule has 0 radical (unpaired) electrons. The predicted molar refractivity (Wildman–Crippen MR) is 54.0 cm³/mol. The zero-order valence-electron chi connectivity index (χ0n) is 8.77. The van der Waals surface area contributed by atoms with Crippen molar-refractivity contribution >= 4 is 5.82 Å². The average molecular weight is 211 g/mol. The minimum Gasteiger partial charge on any atom is -0.373 e. The summed E-state index contributed by atoms with van der Waals surface area (Å²) < 4.78 is 18.7. The fourth-order valence-corrected chi connectivity index (χ4v) is 1.84. The molecular weight excluding hydrogens is 197 g/mol. The van der Waals surface area contributed by atoms with Gasteiger partial charge in [0.05, 0.1) is 18.2 Å². The van der Waals surface area contributed by atoms with Crippen molar-refractivity contribution in [1.29, 1.82) is 0 Å². The van der Waals surface area contributed by atoms with Gasteiger partial charge in [-0.3, -0.25) is 0 Å². The molecule has 1 aromatic rings. The molecule has 0 aliphatic carbocycles. The van der Waals surface area contributed by atoms with Crippen LogP contribution in [0.1, 0.15) is 20.3 Å². The lowest BCUT2D eigenvalue weighted by atomic mass is 10.1. The number of hydrogen-bond acceptors (Lipinski definition) is 4. The van der Waals surface area contributed by atoms with Crippen LogP contribution in [0.15, 0.2) is 12.4 Å². The number of halogens is 1. The third kappa shape index (κ3) is 2.23. The number of rotatable bonds is 2. The zero-order chi connectivity index (χ0) is 10.8. The van der Waals surface area contributed by atoms with E-state index in [1.54, 1.807) is 0 Å². The number of anilines is 1. The summed E-state index contributed by atoms with van der Waals surface area (Å²) in [5.74, 6) is -0.365. The standard InChI is InChI=1S/C10H14FN3O/c1-6-5-8(7(2)15-6)14-10-9(11)12-3-4-13-10/h3-4,6-8H,5H2,1-2H3,(H,13,14). The molecular formula is C10H14FN3O. The van der Waals surface area contributed by atoms with Crippen LogP contribution in [0.25, 0.3) is 0 Å². The second-order valence-electron chi connectivity index (χ2n) is 3.83. The fourth-order valence-electron chi connectivity index (χ4n) is 1.84. The maximum absolute atomic E-state index is 13.2. The van der Waals surface area contributed by atoms with E-state index >= 15 is 0 Å². The molecule has 82 valence electrons. The Morgan fingerprint density at radius 3 is 2.73 bits per heavy atom. The Hall–Kier alpha value is -1.23. The van der Waals surface area contributed by atoms with Crippen LogP contribution in [0, 0.1) is 5.95 Å². The van der Waals surface area contributed by atoms with Gasteiger partial charge >= 0.3 is 0 Å². The maximum atomic E-state index is 13.2. The predicted octanol–water partition coefficient (Wildman–Crippen LogP) is 1.59. The van der Waals surface area contributed by atoms with Gasteiger partial charge in [0.1, 0.15) is 0 Å². The highest BCUT2D eigenvalue weighted by Crippen LogP contribution is 2.23. The summed E-state index contributed by atoms with van der Waals surface area (Å²) in [6.07, 6.45) is 3.93. The Labute approximate surface area is 87.9 Å². The van der Waals surface area contributed by atoms with E-state index in [4.69, 9.17) is 4.74 Å². The lowest BCUT2D eigenvalue weighted by molar-refractivity contribution is 0.0650. The van der Waals surface area contributed by atoms with Crippen LogP contribution >= 0.6 is 0 Å². The summed E-state index contributed by atoms with van der Waals surface area (Å²) >= 11 is 0. The second-order valence-corrected chi connectivity index (χ2v) is 3.83. The summed E-state index contributed by atoms with van der Waals surface area (Å²) in [7, 11) is 0. The quantitative estimate of drug-likeness (QED) is 0.807. The van der Waals surface area contributed by atoms with E-state index in [-0.39, 0.29) is 24.1 Å². The molecule has 0 aromatic carbocycles. The number of aromatic nitrogens is 2. The van der Waals surface area contributed by atoms with Crippen molar-refractivity contribution in [3.05, 3.63) is 18.3 Å². The molecule has 0 spiro atoms. The highest BCUT2D eigenvalue weighted by Gasteiger charge is 2.30. The van der Waals surface area contributed by atoms with Crippen LogP contribution in [-0.2, 0) is 4.74 Å². The van der Waals surface area contributed by atoms with Gasteiger partial charge in [0.25, 0.3) is 5.95 Å². The van der Waals surface area contributed by atoms with Crippen molar-refractivity contribution in [2.45, 2.75) is 38.5 Å². The first kappa shape index (κ1) is 10.3. The monoisotopic (exact) mass is 211 g/mol. The fraction of sp³-hybridized carbons (Fsp3) is 0.600. The smallest absolute Gasteiger partial charge is 0.255 e. The van der Waals surface area contributed by atoms with Crippen molar-refractivity contribution < 1.29 is 9.13 Å². The van der Waals surface area contributed by atoms with Gasteiger partial charge in [0.2, 0.25) is 0 Å². The molecule has 1 aliphatic rings. The second kappa shape index (κ2) is 4.10. The molecule has 2 heterocycles. The summed E-state index contributed by atoms with van der Waals surface area (Å²) in [5, 5.41) is 3.02. The summed E-state index contributed by atoms with van der Waals surface area (Å²) in [4.78, 5) is 7.43. The van der Waals surface area contributed by atoms with Crippen LogP contribution in [0.5, 0.6) is 0 Å². The Morgan fingerprint density at radius 2 is 2.13 bits per heavy atom. The van der Waals surface area contributed by atoms with Crippen molar-refractivity contribution in [3.63, 3.8) is 0 Å². The van der Waals surface area contributed by atoms with E-state index in [2.05, 4.69) is 15.3 Å². The van der Waals surface area contributed by atoms with Crippen LogP contribution in [-0.4, -0.2) is 28.2 Å². The van der Waals surface area contributed by atoms with Gasteiger partial charge < -0.3 is 10.1 Å². The molecule has 3 unspecified atom stereocenters. The number of hydrogen-bond donors (Lipinski definition) is 1. The number of nitrogens with zero attached hydrogens (tertiary/aromatic N) is 2. The van der Waals surface area contributed by atoms with E-state index in [0.717, 1.165) is 6.42 Å². The van der Waals surface area contributed by atoms with Crippen LogP contribution in [0.4, 0.5) is 10.2 Å². The summed E-state index contributed by atoms with van der Waals surface area (Å²) in [6, 6.07) is 0.103. The maximum Gasteiger partial charge on any atom is 0.255 e. The highest BCUT2D eigenvalue weighted by molar-refractivity contribution is 5.34. The van der Waals surface area contributed by atoms with E-state index in [0.29, 0.717) is 0 Å². The zero-order valence-corrected chi connectivity index (χ0v) is 8.77. The normalized spacial score (nSPS) is 30.5. The summed E-state index contributed by atoms with van der Waals surface area (Å²) in [6.45, 7) is 3.97. The molecule has 4 nitrogen and oxygen atoms in total. The molecule has 0 saturated carbocycles. The molecule has 1 saturated heterocycles. The van der Waals surface area contributed by atoms with Gasteiger partial charge in [0.15, 0.2) is 5.82 Å². The molecule has 1 fully saturated rings. The van der Waals surface area contributed by atoms with Crippen LogP contribution in [0.2, 0.25) is 0 Å². The first-order valence-corrected chi connectivity index (χ1v) is 5.05. The van der Waals surface area contributed by atoms with Crippen LogP contribution in [0.3, 0.4) is 0 Å². The third-order valence-electron chi connectivity index (χ3n) is 2.58. The minimum atomic E-state index is -0.566. The SMILES string of the molecule is CC1CC(Nc2nccnc2F)C(C)O1. The van der Waals surface area contributed by atoms with E-state index in [1.165, 1.54) is 12.4 Å². The van der Waals surface area contributed by atoms with Gasteiger partial charge in [0, 0.05) is 12.4 Å².